The number of carbonyl (C=O) groups is 1. The summed E-state index contributed by atoms with van der Waals surface area (Å²) in [7, 11) is -5.79. The van der Waals surface area contributed by atoms with Crippen molar-refractivity contribution in [2.75, 3.05) is 51.8 Å². The molecule has 0 aromatic heterocycles. The Labute approximate surface area is 212 Å². The third-order valence-corrected chi connectivity index (χ3v) is 10.2. The number of amides is 1. The van der Waals surface area contributed by atoms with Crippen molar-refractivity contribution in [3.8, 4) is 5.75 Å². The van der Waals surface area contributed by atoms with Crippen LogP contribution >= 0.6 is 0 Å². The van der Waals surface area contributed by atoms with Crippen LogP contribution in [0.15, 0.2) is 53.4 Å². The largest absolute Gasteiger partial charge is 0.495 e. The van der Waals surface area contributed by atoms with Gasteiger partial charge in [-0.25, -0.2) is 21.1 Å². The molecule has 1 amide bonds. The van der Waals surface area contributed by atoms with Crippen molar-refractivity contribution in [1.82, 2.24) is 8.61 Å². The van der Waals surface area contributed by atoms with Crippen molar-refractivity contribution >= 4 is 31.6 Å². The maximum Gasteiger partial charge on any atom is 0.243 e. The average molecular weight is 538 g/mol. The second-order valence-electron chi connectivity index (χ2n) is 8.78. The molecule has 0 atom stereocenters. The number of morpholine rings is 1. The van der Waals surface area contributed by atoms with Crippen molar-refractivity contribution in [3.63, 3.8) is 0 Å². The molecule has 2 aromatic carbocycles. The maximum absolute atomic E-state index is 13.0. The molecule has 4 rings (SSSR count). The summed E-state index contributed by atoms with van der Waals surface area (Å²) in [6, 6.07) is 13.4. The molecule has 2 aliphatic rings. The van der Waals surface area contributed by atoms with Crippen LogP contribution < -0.4 is 10.1 Å². The van der Waals surface area contributed by atoms with Crippen LogP contribution in [-0.4, -0.2) is 77.9 Å². The second kappa shape index (κ2) is 11.3. The summed E-state index contributed by atoms with van der Waals surface area (Å²) in [6.45, 7) is 1.69. The van der Waals surface area contributed by atoms with Crippen LogP contribution in [-0.2, 0) is 35.3 Å². The molecule has 2 aliphatic heterocycles. The van der Waals surface area contributed by atoms with Crippen molar-refractivity contribution in [1.29, 1.82) is 0 Å². The molecule has 0 aliphatic carbocycles. The van der Waals surface area contributed by atoms with Crippen LogP contribution in [0.25, 0.3) is 0 Å². The van der Waals surface area contributed by atoms with Gasteiger partial charge in [-0.05, 0) is 36.6 Å². The first kappa shape index (κ1) is 26.6. The molecular formula is C24H31N3O7S2. The van der Waals surface area contributed by atoms with E-state index in [-0.39, 0.29) is 48.4 Å². The third kappa shape index (κ3) is 6.06. The van der Waals surface area contributed by atoms with Gasteiger partial charge in [-0.2, -0.15) is 4.31 Å². The number of piperidine rings is 1. The number of sulfonamides is 2. The highest BCUT2D eigenvalue weighted by molar-refractivity contribution is 7.89. The van der Waals surface area contributed by atoms with Gasteiger partial charge in [-0.15, -0.1) is 0 Å². The first-order valence-corrected chi connectivity index (χ1v) is 14.8. The lowest BCUT2D eigenvalue weighted by molar-refractivity contribution is -0.120. The van der Waals surface area contributed by atoms with E-state index in [1.807, 2.05) is 6.07 Å². The van der Waals surface area contributed by atoms with Gasteiger partial charge < -0.3 is 14.8 Å². The Balaban J connectivity index is 1.41. The molecule has 2 saturated heterocycles. The lowest BCUT2D eigenvalue weighted by atomic mass is 9.97. The minimum Gasteiger partial charge on any atom is -0.495 e. The Morgan fingerprint density at radius 2 is 1.64 bits per heavy atom. The summed E-state index contributed by atoms with van der Waals surface area (Å²) in [5.41, 5.74) is 0.979. The minimum absolute atomic E-state index is 0.0577. The van der Waals surface area contributed by atoms with Crippen LogP contribution in [0.1, 0.15) is 18.4 Å². The molecule has 36 heavy (non-hydrogen) atoms. The Kier molecular flexibility index (Phi) is 8.30. The summed E-state index contributed by atoms with van der Waals surface area (Å²) in [4.78, 5) is 13.1. The Bertz CT molecular complexity index is 1270. The maximum atomic E-state index is 13.0. The van der Waals surface area contributed by atoms with E-state index in [0.717, 1.165) is 5.56 Å². The number of nitrogens with zero attached hydrogens (tertiary/aromatic N) is 2. The molecule has 2 aromatic rings. The molecule has 0 radical (unpaired) electrons. The van der Waals surface area contributed by atoms with E-state index < -0.39 is 26.0 Å². The van der Waals surface area contributed by atoms with Crippen LogP contribution in [0.4, 0.5) is 5.69 Å². The summed E-state index contributed by atoms with van der Waals surface area (Å²) in [5, 5.41) is 2.80. The normalized spacial score (nSPS) is 18.6. The number of hydrogen-bond acceptors (Lipinski definition) is 7. The zero-order chi connectivity index (χ0) is 25.8. The Morgan fingerprint density at radius 1 is 0.972 bits per heavy atom. The van der Waals surface area contributed by atoms with Crippen LogP contribution in [0, 0.1) is 5.92 Å². The highest BCUT2D eigenvalue weighted by Crippen LogP contribution is 2.31. The molecule has 12 heteroatoms. The van der Waals surface area contributed by atoms with Crippen molar-refractivity contribution in [2.45, 2.75) is 23.5 Å². The fourth-order valence-electron chi connectivity index (χ4n) is 4.39. The molecule has 10 nitrogen and oxygen atoms in total. The smallest absolute Gasteiger partial charge is 0.243 e. The number of methoxy groups -OCH3 is 1. The van der Waals surface area contributed by atoms with E-state index in [4.69, 9.17) is 9.47 Å². The first-order chi connectivity index (χ1) is 17.2. The van der Waals surface area contributed by atoms with Gasteiger partial charge in [0.25, 0.3) is 0 Å². The van der Waals surface area contributed by atoms with Gasteiger partial charge in [-0.3, -0.25) is 4.79 Å². The number of benzene rings is 2. The quantitative estimate of drug-likeness (QED) is 0.546. The fourth-order valence-corrected chi connectivity index (χ4v) is 7.39. The summed E-state index contributed by atoms with van der Waals surface area (Å²) < 4.78 is 65.1. The van der Waals surface area contributed by atoms with E-state index in [9.17, 15) is 21.6 Å². The first-order valence-electron chi connectivity index (χ1n) is 11.8. The predicted octanol–water partition coefficient (Wildman–Crippen LogP) is 1.90. The van der Waals surface area contributed by atoms with Crippen molar-refractivity contribution in [2.24, 2.45) is 5.92 Å². The molecule has 0 unspecified atom stereocenters. The van der Waals surface area contributed by atoms with Crippen molar-refractivity contribution < 1.29 is 31.1 Å². The number of hydrogen-bond donors (Lipinski definition) is 1. The lowest BCUT2D eigenvalue weighted by Crippen LogP contribution is -2.42. The SMILES string of the molecule is COc1ccc(S(=O)(=O)N2CCOCC2)cc1NC(=O)C1CCN(S(=O)(=O)Cc2ccccc2)CC1. The van der Waals surface area contributed by atoms with Gasteiger partial charge in [0.05, 0.1) is 36.7 Å². The molecule has 1 N–H and O–H groups in total. The molecular weight excluding hydrogens is 506 g/mol. The van der Waals surface area contributed by atoms with Gasteiger partial charge in [0.15, 0.2) is 0 Å². The van der Waals surface area contributed by atoms with E-state index in [2.05, 4.69) is 5.32 Å². The highest BCUT2D eigenvalue weighted by atomic mass is 32.2. The highest BCUT2D eigenvalue weighted by Gasteiger charge is 2.32. The van der Waals surface area contributed by atoms with Gasteiger partial charge >= 0.3 is 0 Å². The number of anilines is 1. The molecule has 0 bridgehead atoms. The molecule has 0 saturated carbocycles. The summed E-state index contributed by atoms with van der Waals surface area (Å²) in [5.74, 6) is -0.439. The zero-order valence-electron chi connectivity index (χ0n) is 20.1. The predicted molar refractivity (Wildman–Crippen MR) is 135 cm³/mol. The van der Waals surface area contributed by atoms with E-state index in [1.165, 1.54) is 33.9 Å². The minimum atomic E-state index is -3.75. The van der Waals surface area contributed by atoms with Crippen LogP contribution in [0.3, 0.4) is 0 Å². The second-order valence-corrected chi connectivity index (χ2v) is 12.7. The average Bonchev–Trinajstić information content (AvgIpc) is 2.89. The summed E-state index contributed by atoms with van der Waals surface area (Å²) >= 11 is 0. The standard InChI is InChI=1S/C24H31N3O7S2/c1-33-23-8-7-21(36(31,32)27-13-15-34-16-14-27)17-22(23)25-24(28)20-9-11-26(12-10-20)35(29,30)18-19-5-3-2-4-6-19/h2-8,17,20H,9-16,18H2,1H3,(H,25,28). The summed E-state index contributed by atoms with van der Waals surface area (Å²) in [6.07, 6.45) is 0.738. The van der Waals surface area contributed by atoms with Crippen LogP contribution in [0.5, 0.6) is 5.75 Å². The monoisotopic (exact) mass is 537 g/mol. The molecule has 2 fully saturated rings. The van der Waals surface area contributed by atoms with Gasteiger partial charge in [-0.1, -0.05) is 30.3 Å². The van der Waals surface area contributed by atoms with E-state index >= 15 is 0 Å². The van der Waals surface area contributed by atoms with Gasteiger partial charge in [0, 0.05) is 32.1 Å². The lowest BCUT2D eigenvalue weighted by Gasteiger charge is -2.30. The molecule has 0 spiro atoms. The Morgan fingerprint density at radius 3 is 2.28 bits per heavy atom. The number of ether oxygens (including phenoxy) is 2. The number of carbonyl (C=O) groups excluding carboxylic acids is 1. The van der Waals surface area contributed by atoms with Gasteiger partial charge in [0.2, 0.25) is 26.0 Å². The fraction of sp³-hybridized carbons (Fsp3) is 0.458. The zero-order valence-corrected chi connectivity index (χ0v) is 21.8. The molecule has 196 valence electrons. The Hall–Kier alpha value is -2.51. The topological polar surface area (TPSA) is 122 Å². The van der Waals surface area contributed by atoms with Gasteiger partial charge in [0.1, 0.15) is 5.75 Å². The van der Waals surface area contributed by atoms with Crippen LogP contribution in [0.2, 0.25) is 0 Å². The van der Waals surface area contributed by atoms with Crippen molar-refractivity contribution in [3.05, 3.63) is 54.1 Å². The number of nitrogens with one attached hydrogen (secondary N) is 1. The van der Waals surface area contributed by atoms with E-state index in [1.54, 1.807) is 24.3 Å². The third-order valence-electron chi connectivity index (χ3n) is 6.45. The molecule has 2 heterocycles. The number of rotatable bonds is 8. The van der Waals surface area contributed by atoms with E-state index in [0.29, 0.717) is 31.8 Å².